The van der Waals surface area contributed by atoms with E-state index in [9.17, 15) is 9.90 Å². The fourth-order valence-corrected chi connectivity index (χ4v) is 4.36. The number of quaternary nitrogens is 1. The van der Waals surface area contributed by atoms with Crippen LogP contribution in [0.5, 0.6) is 0 Å². The number of amides is 1. The average Bonchev–Trinajstić information content (AvgIpc) is 2.60. The molecule has 1 heterocycles. The lowest BCUT2D eigenvalue weighted by Gasteiger charge is -2.38. The number of hydrogen-bond acceptors (Lipinski definition) is 4. The smallest absolute Gasteiger partial charge is 0.410 e. The Morgan fingerprint density at radius 2 is 1.96 bits per heavy atom. The minimum atomic E-state index is -0.441. The van der Waals surface area contributed by atoms with Crippen molar-refractivity contribution in [1.29, 1.82) is 0 Å². The molecule has 2 N–H and O–H groups in total. The summed E-state index contributed by atoms with van der Waals surface area (Å²) in [6, 6.07) is 0. The number of nitrogens with one attached hydrogen (secondary N) is 1. The highest BCUT2D eigenvalue weighted by atomic mass is 16.6. The number of piperazine rings is 1. The summed E-state index contributed by atoms with van der Waals surface area (Å²) >= 11 is 0. The molecule has 0 aromatic carbocycles. The van der Waals surface area contributed by atoms with E-state index in [1.165, 1.54) is 17.7 Å². The maximum absolute atomic E-state index is 11.7. The van der Waals surface area contributed by atoms with Crippen LogP contribution < -0.4 is 4.90 Å². The second kappa shape index (κ2) is 10.5. The second-order valence-electron chi connectivity index (χ2n) is 8.49. The Kier molecular flexibility index (Phi) is 8.64. The first-order chi connectivity index (χ1) is 12.4. The van der Waals surface area contributed by atoms with Crippen LogP contribution in [0.4, 0.5) is 4.79 Å². The Morgan fingerprint density at radius 3 is 2.58 bits per heavy atom. The molecule has 152 valence electrons. The predicted molar refractivity (Wildman–Crippen MR) is 101 cm³/mol. The third kappa shape index (κ3) is 6.39. The van der Waals surface area contributed by atoms with E-state index in [2.05, 4.69) is 20.8 Å². The van der Waals surface area contributed by atoms with Gasteiger partial charge in [-0.05, 0) is 37.5 Å². The fourth-order valence-electron chi connectivity index (χ4n) is 4.36. The van der Waals surface area contributed by atoms with E-state index in [0.717, 1.165) is 19.5 Å². The van der Waals surface area contributed by atoms with Crippen LogP contribution in [0.25, 0.3) is 0 Å². The van der Waals surface area contributed by atoms with Gasteiger partial charge in [-0.25, -0.2) is 4.79 Å². The molecule has 4 atom stereocenters. The number of aliphatic hydroxyl groups excluding tert-OH is 1. The summed E-state index contributed by atoms with van der Waals surface area (Å²) in [7, 11) is 0. The number of nitrogens with zero attached hydrogens (tertiary/aromatic N) is 1. The van der Waals surface area contributed by atoms with Crippen molar-refractivity contribution < 1.29 is 24.3 Å². The van der Waals surface area contributed by atoms with Crippen molar-refractivity contribution in [2.45, 2.75) is 59.2 Å². The second-order valence-corrected chi connectivity index (χ2v) is 8.49. The molecular formula is C20H39N2O4+. The molecule has 1 saturated heterocycles. The Labute approximate surface area is 158 Å². The van der Waals surface area contributed by atoms with Crippen LogP contribution in [0.2, 0.25) is 0 Å². The van der Waals surface area contributed by atoms with Crippen molar-refractivity contribution in [3.63, 3.8) is 0 Å². The molecule has 26 heavy (non-hydrogen) atoms. The van der Waals surface area contributed by atoms with E-state index < -0.39 is 6.10 Å². The summed E-state index contributed by atoms with van der Waals surface area (Å²) in [6.45, 7) is 13.3. The lowest BCUT2D eigenvalue weighted by Crippen LogP contribution is -3.15. The summed E-state index contributed by atoms with van der Waals surface area (Å²) in [6.07, 6.45) is 3.26. The summed E-state index contributed by atoms with van der Waals surface area (Å²) in [4.78, 5) is 14.8. The molecule has 1 aliphatic heterocycles. The van der Waals surface area contributed by atoms with Gasteiger partial charge in [0, 0.05) is 0 Å². The van der Waals surface area contributed by atoms with Gasteiger partial charge in [0.15, 0.2) is 0 Å². The zero-order valence-corrected chi connectivity index (χ0v) is 17.1. The van der Waals surface area contributed by atoms with Crippen LogP contribution >= 0.6 is 0 Å². The van der Waals surface area contributed by atoms with Gasteiger partial charge in [0.2, 0.25) is 0 Å². The monoisotopic (exact) mass is 371 g/mol. The van der Waals surface area contributed by atoms with E-state index in [1.807, 2.05) is 6.92 Å². The van der Waals surface area contributed by atoms with Crippen molar-refractivity contribution in [2.24, 2.45) is 17.8 Å². The van der Waals surface area contributed by atoms with E-state index in [-0.39, 0.29) is 12.2 Å². The first-order valence-corrected chi connectivity index (χ1v) is 10.5. The van der Waals surface area contributed by atoms with E-state index in [1.54, 1.807) is 4.90 Å². The maximum Gasteiger partial charge on any atom is 0.410 e. The Bertz CT molecular complexity index is 424. The third-order valence-electron chi connectivity index (χ3n) is 5.98. The average molecular weight is 372 g/mol. The Balaban J connectivity index is 1.70. The van der Waals surface area contributed by atoms with Crippen molar-refractivity contribution in [1.82, 2.24) is 4.90 Å². The molecule has 0 bridgehead atoms. The highest BCUT2D eigenvalue weighted by Gasteiger charge is 2.32. The van der Waals surface area contributed by atoms with Crippen LogP contribution in [-0.4, -0.2) is 74.2 Å². The number of ether oxygens (including phenoxy) is 2. The van der Waals surface area contributed by atoms with Crippen LogP contribution in [0.3, 0.4) is 0 Å². The Hall–Kier alpha value is -0.850. The van der Waals surface area contributed by atoms with Gasteiger partial charge in [-0.2, -0.15) is 0 Å². The molecule has 1 aliphatic carbocycles. The number of carbonyl (C=O) groups is 1. The summed E-state index contributed by atoms with van der Waals surface area (Å²) in [5.74, 6) is 1.96. The highest BCUT2D eigenvalue weighted by Crippen LogP contribution is 2.35. The van der Waals surface area contributed by atoms with Gasteiger partial charge in [-0.3, -0.25) is 4.90 Å². The number of carbonyl (C=O) groups excluding carboxylic acids is 1. The van der Waals surface area contributed by atoms with Crippen molar-refractivity contribution in [2.75, 3.05) is 45.9 Å². The van der Waals surface area contributed by atoms with Gasteiger partial charge in [0.1, 0.15) is 12.6 Å². The molecule has 0 aromatic heterocycles. The van der Waals surface area contributed by atoms with E-state index in [4.69, 9.17) is 9.47 Å². The molecule has 0 aromatic rings. The fraction of sp³-hybridized carbons (Fsp3) is 0.950. The van der Waals surface area contributed by atoms with Crippen LogP contribution in [0.1, 0.15) is 47.0 Å². The van der Waals surface area contributed by atoms with Gasteiger partial charge < -0.3 is 19.5 Å². The summed E-state index contributed by atoms with van der Waals surface area (Å²) in [5, 5.41) is 10.4. The molecule has 0 spiro atoms. The molecule has 6 heteroatoms. The lowest BCUT2D eigenvalue weighted by atomic mass is 9.75. The van der Waals surface area contributed by atoms with Gasteiger partial charge >= 0.3 is 6.09 Å². The largest absolute Gasteiger partial charge is 0.450 e. The van der Waals surface area contributed by atoms with E-state index >= 15 is 0 Å². The third-order valence-corrected chi connectivity index (χ3v) is 5.98. The van der Waals surface area contributed by atoms with Gasteiger partial charge in [0.05, 0.1) is 45.5 Å². The first kappa shape index (κ1) is 21.5. The Morgan fingerprint density at radius 1 is 1.27 bits per heavy atom. The van der Waals surface area contributed by atoms with Crippen LogP contribution in [0.15, 0.2) is 0 Å². The molecule has 2 fully saturated rings. The molecule has 6 nitrogen and oxygen atoms in total. The minimum absolute atomic E-state index is 0.221. The minimum Gasteiger partial charge on any atom is -0.450 e. The van der Waals surface area contributed by atoms with Crippen molar-refractivity contribution in [3.05, 3.63) is 0 Å². The number of rotatable bonds is 7. The molecule has 1 saturated carbocycles. The number of hydrogen-bond donors (Lipinski definition) is 2. The van der Waals surface area contributed by atoms with Crippen LogP contribution in [-0.2, 0) is 9.47 Å². The van der Waals surface area contributed by atoms with Crippen molar-refractivity contribution in [3.8, 4) is 0 Å². The molecule has 0 radical (unpaired) electrons. The SMILES string of the molecule is CCOC(=O)N1CC[NH+](C[C@H](O)CO[C@@H]2C[C@H](C)CC[C@@H]2C(C)C)CC1. The zero-order chi connectivity index (χ0) is 19.1. The normalized spacial score (nSPS) is 29.0. The molecular weight excluding hydrogens is 332 g/mol. The standard InChI is InChI=1S/C20H38N2O4/c1-5-25-20(24)22-10-8-21(9-11-22)13-17(23)14-26-19-12-16(4)6-7-18(19)15(2)3/h15-19,23H,5-14H2,1-4H3/p+1/t16-,17+,18-,19-/m1/s1. The molecule has 2 aliphatic rings. The number of aliphatic hydroxyl groups is 1. The zero-order valence-electron chi connectivity index (χ0n) is 17.1. The topological polar surface area (TPSA) is 63.4 Å². The molecule has 1 amide bonds. The van der Waals surface area contributed by atoms with Crippen LogP contribution in [0, 0.1) is 17.8 Å². The summed E-state index contributed by atoms with van der Waals surface area (Å²) in [5.41, 5.74) is 0. The van der Waals surface area contributed by atoms with Crippen molar-refractivity contribution >= 4 is 6.09 Å². The highest BCUT2D eigenvalue weighted by molar-refractivity contribution is 5.67. The lowest BCUT2D eigenvalue weighted by molar-refractivity contribution is -0.907. The predicted octanol–water partition coefficient (Wildman–Crippen LogP) is 1.18. The molecule has 0 unspecified atom stereocenters. The van der Waals surface area contributed by atoms with Gasteiger partial charge in [-0.1, -0.05) is 27.2 Å². The molecule has 2 rings (SSSR count). The summed E-state index contributed by atoms with van der Waals surface area (Å²) < 4.78 is 11.2. The van der Waals surface area contributed by atoms with Gasteiger partial charge in [0.25, 0.3) is 0 Å². The quantitative estimate of drug-likeness (QED) is 0.705. The van der Waals surface area contributed by atoms with E-state index in [0.29, 0.717) is 50.6 Å². The van der Waals surface area contributed by atoms with Gasteiger partial charge in [-0.15, -0.1) is 0 Å². The maximum atomic E-state index is 11.7. The first-order valence-electron chi connectivity index (χ1n) is 10.5.